The van der Waals surface area contributed by atoms with Crippen LogP contribution in [0.25, 0.3) is 0 Å². The predicted octanol–water partition coefficient (Wildman–Crippen LogP) is 6.18. The largest absolute Gasteiger partial charge is 0.493 e. The number of ether oxygens (including phenoxy) is 3. The van der Waals surface area contributed by atoms with Gasteiger partial charge in [-0.3, -0.25) is 9.59 Å². The van der Waals surface area contributed by atoms with Crippen LogP contribution >= 0.6 is 11.8 Å². The number of hydrogen-bond acceptors (Lipinski definition) is 9. The molecule has 3 aromatic rings. The molecule has 0 radical (unpaired) electrons. The molecule has 0 spiro atoms. The number of nitrogens with zero attached hydrogens (tertiary/aromatic N) is 4. The van der Waals surface area contributed by atoms with Gasteiger partial charge >= 0.3 is 5.97 Å². The molecule has 0 bridgehead atoms. The van der Waals surface area contributed by atoms with Gasteiger partial charge in [-0.15, -0.1) is 0 Å². The molecule has 10 heteroatoms. The van der Waals surface area contributed by atoms with Crippen LogP contribution < -0.4 is 14.4 Å². The second-order valence-electron chi connectivity index (χ2n) is 12.3. The molecule has 45 heavy (non-hydrogen) atoms. The molecule has 0 saturated carbocycles. The molecule has 242 valence electrons. The first kappa shape index (κ1) is 34.1. The lowest BCUT2D eigenvalue weighted by Crippen LogP contribution is -2.42. The number of carbonyl (C=O) groups excluding carboxylic acids is 2. The highest BCUT2D eigenvalue weighted by Gasteiger charge is 2.30. The summed E-state index contributed by atoms with van der Waals surface area (Å²) in [6, 6.07) is 15.8. The van der Waals surface area contributed by atoms with Crippen LogP contribution in [0.2, 0.25) is 0 Å². The molecule has 2 aromatic carbocycles. The summed E-state index contributed by atoms with van der Waals surface area (Å²) >= 11 is 1.58. The highest BCUT2D eigenvalue weighted by atomic mass is 32.2. The molecule has 0 unspecified atom stereocenters. The second kappa shape index (κ2) is 15.5. The van der Waals surface area contributed by atoms with E-state index in [9.17, 15) is 9.59 Å². The number of likely N-dealkylation sites (N-methyl/N-ethyl adjacent to an activating group) is 1. The van der Waals surface area contributed by atoms with E-state index in [2.05, 4.69) is 44.9 Å². The minimum Gasteiger partial charge on any atom is -0.493 e. The summed E-state index contributed by atoms with van der Waals surface area (Å²) in [6.45, 7) is 10.5. The van der Waals surface area contributed by atoms with Crippen LogP contribution in [0.3, 0.4) is 0 Å². The first-order valence-corrected chi connectivity index (χ1v) is 16.5. The number of rotatable bonds is 12. The van der Waals surface area contributed by atoms with E-state index in [-0.39, 0.29) is 23.2 Å². The Morgan fingerprint density at radius 1 is 1.00 bits per heavy atom. The standard InChI is InChI=1S/C35H46N4O5S/c1-8-44-33(41)27-10-9-18-39(22-27)32(40)26-14-11-25(12-15-26)23-45-34-36-30(35(2,3)4)21-31(37-34)38(5)19-17-24-13-16-28(42-6)29(20-24)43-7/h11-16,20-21,27H,8-10,17-19,22-23H2,1-7H3/t27-/m0/s1. The van der Waals surface area contributed by atoms with E-state index in [0.717, 1.165) is 54.2 Å². The maximum atomic E-state index is 13.2. The average molecular weight is 635 g/mol. The highest BCUT2D eigenvalue weighted by Crippen LogP contribution is 2.30. The number of piperidine rings is 1. The summed E-state index contributed by atoms with van der Waals surface area (Å²) in [5.41, 5.74) is 3.70. The molecule has 1 aromatic heterocycles. The van der Waals surface area contributed by atoms with Gasteiger partial charge in [0.15, 0.2) is 16.7 Å². The molecule has 0 aliphatic carbocycles. The summed E-state index contributed by atoms with van der Waals surface area (Å²) < 4.78 is 16.0. The zero-order valence-corrected chi connectivity index (χ0v) is 28.4. The average Bonchev–Trinajstić information content (AvgIpc) is 3.05. The summed E-state index contributed by atoms with van der Waals surface area (Å²) in [5, 5.41) is 0.717. The quantitative estimate of drug-likeness (QED) is 0.132. The number of carbonyl (C=O) groups is 2. The number of hydrogen-bond donors (Lipinski definition) is 0. The second-order valence-corrected chi connectivity index (χ2v) is 13.3. The Bertz CT molecular complexity index is 1460. The zero-order chi connectivity index (χ0) is 32.6. The monoisotopic (exact) mass is 634 g/mol. The van der Waals surface area contributed by atoms with Crippen molar-refractivity contribution in [3.63, 3.8) is 0 Å². The number of thioether (sulfide) groups is 1. The van der Waals surface area contributed by atoms with Crippen molar-refractivity contribution >= 4 is 29.5 Å². The molecular formula is C35H46N4O5S. The van der Waals surface area contributed by atoms with Crippen molar-refractivity contribution in [2.75, 3.05) is 52.4 Å². The molecule has 1 aliphatic heterocycles. The fraction of sp³-hybridized carbons (Fsp3) is 0.486. The van der Waals surface area contributed by atoms with E-state index in [1.54, 1.807) is 37.8 Å². The lowest BCUT2D eigenvalue weighted by atomic mass is 9.92. The van der Waals surface area contributed by atoms with E-state index in [4.69, 9.17) is 24.2 Å². The van der Waals surface area contributed by atoms with Crippen molar-refractivity contribution in [1.29, 1.82) is 0 Å². The smallest absolute Gasteiger partial charge is 0.310 e. The van der Waals surface area contributed by atoms with Gasteiger partial charge in [0.2, 0.25) is 0 Å². The zero-order valence-electron chi connectivity index (χ0n) is 27.6. The maximum Gasteiger partial charge on any atom is 0.310 e. The Morgan fingerprint density at radius 3 is 2.38 bits per heavy atom. The van der Waals surface area contributed by atoms with Gasteiger partial charge in [0, 0.05) is 49.5 Å². The fourth-order valence-corrected chi connectivity index (χ4v) is 6.00. The third-order valence-electron chi connectivity index (χ3n) is 7.93. The number of aromatic nitrogens is 2. The SMILES string of the molecule is CCOC(=O)[C@H]1CCCN(C(=O)c2ccc(CSc3nc(N(C)CCc4ccc(OC)c(OC)c4)cc(C(C)(C)C)n3)cc2)C1. The van der Waals surface area contributed by atoms with Gasteiger partial charge in [0.1, 0.15) is 5.82 Å². The van der Waals surface area contributed by atoms with Crippen LogP contribution in [-0.4, -0.2) is 74.3 Å². The Kier molecular flexibility index (Phi) is 11.7. The Balaban J connectivity index is 1.41. The molecule has 1 amide bonds. The minimum absolute atomic E-state index is 0.0508. The fourth-order valence-electron chi connectivity index (χ4n) is 5.19. The van der Waals surface area contributed by atoms with Crippen molar-refractivity contribution in [3.05, 3.63) is 70.9 Å². The lowest BCUT2D eigenvalue weighted by molar-refractivity contribution is -0.149. The minimum atomic E-state index is -0.253. The van der Waals surface area contributed by atoms with Crippen LogP contribution in [-0.2, 0) is 27.1 Å². The van der Waals surface area contributed by atoms with E-state index in [0.29, 0.717) is 41.9 Å². The van der Waals surface area contributed by atoms with E-state index < -0.39 is 0 Å². The van der Waals surface area contributed by atoms with E-state index in [1.165, 1.54) is 0 Å². The summed E-state index contributed by atoms with van der Waals surface area (Å²) in [4.78, 5) is 39.1. The van der Waals surface area contributed by atoms with E-state index >= 15 is 0 Å². The molecule has 1 fully saturated rings. The molecule has 1 saturated heterocycles. The van der Waals surface area contributed by atoms with Gasteiger partial charge in [-0.1, -0.05) is 50.7 Å². The van der Waals surface area contributed by atoms with E-state index in [1.807, 2.05) is 36.4 Å². The Morgan fingerprint density at radius 2 is 1.71 bits per heavy atom. The van der Waals surface area contributed by atoms with Gasteiger partial charge in [-0.25, -0.2) is 9.97 Å². The van der Waals surface area contributed by atoms with Gasteiger partial charge in [0.05, 0.1) is 32.4 Å². The van der Waals surface area contributed by atoms with Crippen LogP contribution in [0.1, 0.15) is 67.7 Å². The number of methoxy groups -OCH3 is 2. The van der Waals surface area contributed by atoms with Gasteiger partial charge in [-0.2, -0.15) is 0 Å². The Labute approximate surface area is 271 Å². The first-order valence-electron chi connectivity index (χ1n) is 15.5. The Hall–Kier alpha value is -3.79. The maximum absolute atomic E-state index is 13.2. The van der Waals surface area contributed by atoms with Gasteiger partial charge in [-0.05, 0) is 61.6 Å². The molecular weight excluding hydrogens is 588 g/mol. The third-order valence-corrected chi connectivity index (χ3v) is 8.85. The first-order chi connectivity index (χ1) is 21.5. The predicted molar refractivity (Wildman–Crippen MR) is 179 cm³/mol. The highest BCUT2D eigenvalue weighted by molar-refractivity contribution is 7.98. The summed E-state index contributed by atoms with van der Waals surface area (Å²) in [7, 11) is 5.34. The van der Waals surface area contributed by atoms with Crippen LogP contribution in [0.4, 0.5) is 5.82 Å². The number of likely N-dealkylation sites (tertiary alicyclic amines) is 1. The van der Waals surface area contributed by atoms with Gasteiger partial charge in [0.25, 0.3) is 5.91 Å². The number of esters is 1. The molecule has 2 heterocycles. The van der Waals surface area contributed by atoms with Crippen molar-refractivity contribution in [2.24, 2.45) is 5.92 Å². The van der Waals surface area contributed by atoms with Crippen molar-refractivity contribution in [2.45, 2.75) is 63.3 Å². The van der Waals surface area contributed by atoms with Crippen LogP contribution in [0.5, 0.6) is 11.5 Å². The molecule has 9 nitrogen and oxygen atoms in total. The number of anilines is 1. The van der Waals surface area contributed by atoms with Crippen molar-refractivity contribution in [1.82, 2.24) is 14.9 Å². The number of benzene rings is 2. The number of amides is 1. The molecule has 0 N–H and O–H groups in total. The van der Waals surface area contributed by atoms with Crippen molar-refractivity contribution in [3.8, 4) is 11.5 Å². The van der Waals surface area contributed by atoms with Crippen molar-refractivity contribution < 1.29 is 23.8 Å². The van der Waals surface area contributed by atoms with Crippen LogP contribution in [0, 0.1) is 5.92 Å². The summed E-state index contributed by atoms with van der Waals surface area (Å²) in [5.74, 6) is 2.47. The van der Waals surface area contributed by atoms with Crippen LogP contribution in [0.15, 0.2) is 53.7 Å². The molecule has 1 aliphatic rings. The summed E-state index contributed by atoms with van der Waals surface area (Å²) in [6.07, 6.45) is 2.37. The topological polar surface area (TPSA) is 94.1 Å². The normalized spacial score (nSPS) is 15.0. The lowest BCUT2D eigenvalue weighted by Gasteiger charge is -2.31. The van der Waals surface area contributed by atoms with Gasteiger partial charge < -0.3 is 24.0 Å². The molecule has 4 rings (SSSR count). The molecule has 1 atom stereocenters. The third kappa shape index (κ3) is 9.12.